The Hall–Kier alpha value is -1.06. The van der Waals surface area contributed by atoms with Crippen molar-refractivity contribution in [2.45, 2.75) is 86.2 Å². The summed E-state index contributed by atoms with van der Waals surface area (Å²) in [4.78, 5) is 24.9. The molecule has 130 valence electrons. The molecule has 0 aliphatic carbocycles. The van der Waals surface area contributed by atoms with Gasteiger partial charge in [0.1, 0.15) is 0 Å². The van der Waals surface area contributed by atoms with Crippen molar-refractivity contribution in [3.05, 3.63) is 0 Å². The van der Waals surface area contributed by atoms with E-state index < -0.39 is 17.4 Å². The minimum Gasteiger partial charge on any atom is -0.465 e. The highest BCUT2D eigenvalue weighted by molar-refractivity contribution is 6.00. The molecule has 0 bridgehead atoms. The van der Waals surface area contributed by atoms with Gasteiger partial charge in [0.15, 0.2) is 5.41 Å². The SMILES string of the molecule is CCCCOC(=O)C(CC)(CC)C(=O)OC(C)CCC(C)C. The molecule has 0 aromatic rings. The van der Waals surface area contributed by atoms with Gasteiger partial charge in [-0.25, -0.2) is 0 Å². The Morgan fingerprint density at radius 3 is 2.00 bits per heavy atom. The monoisotopic (exact) mass is 314 g/mol. The smallest absolute Gasteiger partial charge is 0.323 e. The number of unbranched alkanes of at least 4 members (excludes halogenated alkanes) is 1. The Morgan fingerprint density at radius 1 is 0.955 bits per heavy atom. The molecule has 0 saturated carbocycles. The number of rotatable bonds is 11. The van der Waals surface area contributed by atoms with Crippen molar-refractivity contribution in [2.24, 2.45) is 11.3 Å². The fourth-order valence-corrected chi connectivity index (χ4v) is 2.28. The third kappa shape index (κ3) is 6.37. The molecule has 0 aromatic carbocycles. The van der Waals surface area contributed by atoms with Crippen molar-refractivity contribution in [3.63, 3.8) is 0 Å². The Bertz CT molecular complexity index is 332. The molecule has 0 aromatic heterocycles. The molecule has 0 N–H and O–H groups in total. The highest BCUT2D eigenvalue weighted by Crippen LogP contribution is 2.31. The lowest BCUT2D eigenvalue weighted by Crippen LogP contribution is -2.42. The summed E-state index contributed by atoms with van der Waals surface area (Å²) in [6.07, 6.45) is 4.23. The molecule has 1 atom stereocenters. The van der Waals surface area contributed by atoms with Gasteiger partial charge in [0.2, 0.25) is 0 Å². The summed E-state index contributed by atoms with van der Waals surface area (Å²) >= 11 is 0. The van der Waals surface area contributed by atoms with Crippen molar-refractivity contribution in [3.8, 4) is 0 Å². The van der Waals surface area contributed by atoms with Gasteiger partial charge in [0.25, 0.3) is 0 Å². The van der Waals surface area contributed by atoms with E-state index in [9.17, 15) is 9.59 Å². The van der Waals surface area contributed by atoms with E-state index in [1.807, 2.05) is 27.7 Å². The van der Waals surface area contributed by atoms with Gasteiger partial charge in [-0.1, -0.05) is 41.0 Å². The summed E-state index contributed by atoms with van der Waals surface area (Å²) in [5.41, 5.74) is -1.15. The highest BCUT2D eigenvalue weighted by atomic mass is 16.6. The molecule has 4 nitrogen and oxygen atoms in total. The first-order chi connectivity index (χ1) is 10.3. The normalized spacial score (nSPS) is 13.0. The first-order valence-corrected chi connectivity index (χ1v) is 8.72. The van der Waals surface area contributed by atoms with Gasteiger partial charge in [-0.15, -0.1) is 0 Å². The van der Waals surface area contributed by atoms with E-state index in [0.717, 1.165) is 25.7 Å². The molecule has 22 heavy (non-hydrogen) atoms. The lowest BCUT2D eigenvalue weighted by molar-refractivity contribution is -0.176. The van der Waals surface area contributed by atoms with Crippen LogP contribution in [0.3, 0.4) is 0 Å². The maximum absolute atomic E-state index is 12.5. The van der Waals surface area contributed by atoms with Crippen LogP contribution in [0.25, 0.3) is 0 Å². The fraction of sp³-hybridized carbons (Fsp3) is 0.889. The summed E-state index contributed by atoms with van der Waals surface area (Å²) < 4.78 is 10.8. The minimum atomic E-state index is -1.15. The van der Waals surface area contributed by atoms with Crippen LogP contribution in [0.15, 0.2) is 0 Å². The van der Waals surface area contributed by atoms with Crippen LogP contribution in [-0.4, -0.2) is 24.6 Å². The molecule has 1 unspecified atom stereocenters. The molecule has 0 heterocycles. The van der Waals surface area contributed by atoms with Gasteiger partial charge < -0.3 is 9.47 Å². The number of ether oxygens (including phenoxy) is 2. The lowest BCUT2D eigenvalue weighted by Gasteiger charge is -2.28. The number of carbonyl (C=O) groups excluding carboxylic acids is 2. The second-order valence-electron chi connectivity index (χ2n) is 6.47. The standard InChI is InChI=1S/C18H34O4/c1-7-10-13-21-16(19)18(8-2,9-3)17(20)22-15(6)12-11-14(4)5/h14-15H,7-13H2,1-6H3. The first-order valence-electron chi connectivity index (χ1n) is 8.72. The summed E-state index contributed by atoms with van der Waals surface area (Å²) in [7, 11) is 0. The molecule has 0 radical (unpaired) electrons. The zero-order valence-electron chi connectivity index (χ0n) is 15.2. The van der Waals surface area contributed by atoms with Crippen LogP contribution in [0.2, 0.25) is 0 Å². The van der Waals surface area contributed by atoms with Gasteiger partial charge >= 0.3 is 11.9 Å². The minimum absolute atomic E-state index is 0.171. The van der Waals surface area contributed by atoms with Crippen molar-refractivity contribution < 1.29 is 19.1 Å². The number of carbonyl (C=O) groups is 2. The van der Waals surface area contributed by atoms with Crippen molar-refractivity contribution in [1.82, 2.24) is 0 Å². The summed E-state index contributed by atoms with van der Waals surface area (Å²) in [5, 5.41) is 0. The van der Waals surface area contributed by atoms with E-state index in [-0.39, 0.29) is 6.10 Å². The predicted octanol–water partition coefficient (Wildman–Crippen LogP) is 4.50. The quantitative estimate of drug-likeness (QED) is 0.320. The maximum Gasteiger partial charge on any atom is 0.323 e. The van der Waals surface area contributed by atoms with Crippen LogP contribution in [0.4, 0.5) is 0 Å². The molecule has 0 fully saturated rings. The van der Waals surface area contributed by atoms with Crippen LogP contribution < -0.4 is 0 Å². The van der Waals surface area contributed by atoms with Crippen LogP contribution in [-0.2, 0) is 19.1 Å². The number of hydrogen-bond donors (Lipinski definition) is 0. The predicted molar refractivity (Wildman–Crippen MR) is 88.5 cm³/mol. The average molecular weight is 314 g/mol. The highest BCUT2D eigenvalue weighted by Gasteiger charge is 2.46. The van der Waals surface area contributed by atoms with Gasteiger partial charge in [-0.2, -0.15) is 0 Å². The van der Waals surface area contributed by atoms with E-state index in [1.54, 1.807) is 0 Å². The van der Waals surface area contributed by atoms with Crippen LogP contribution in [0.1, 0.15) is 80.1 Å². The van der Waals surface area contributed by atoms with Crippen LogP contribution >= 0.6 is 0 Å². The van der Waals surface area contributed by atoms with Crippen molar-refractivity contribution in [2.75, 3.05) is 6.61 Å². The van der Waals surface area contributed by atoms with E-state index in [2.05, 4.69) is 13.8 Å². The molecular formula is C18H34O4. The molecule has 0 amide bonds. The zero-order chi connectivity index (χ0) is 17.2. The third-order valence-corrected chi connectivity index (χ3v) is 4.18. The van der Waals surface area contributed by atoms with Crippen LogP contribution in [0, 0.1) is 11.3 Å². The van der Waals surface area contributed by atoms with Crippen LogP contribution in [0.5, 0.6) is 0 Å². The topological polar surface area (TPSA) is 52.6 Å². The molecular weight excluding hydrogens is 280 g/mol. The van der Waals surface area contributed by atoms with E-state index in [0.29, 0.717) is 25.4 Å². The van der Waals surface area contributed by atoms with Gasteiger partial charge in [-0.05, 0) is 44.9 Å². The van der Waals surface area contributed by atoms with E-state index in [1.165, 1.54) is 0 Å². The van der Waals surface area contributed by atoms with Crippen molar-refractivity contribution >= 4 is 11.9 Å². The van der Waals surface area contributed by atoms with Gasteiger partial charge in [0, 0.05) is 0 Å². The zero-order valence-corrected chi connectivity index (χ0v) is 15.2. The van der Waals surface area contributed by atoms with E-state index in [4.69, 9.17) is 9.47 Å². The van der Waals surface area contributed by atoms with Gasteiger partial charge in [-0.3, -0.25) is 9.59 Å². The Labute approximate surface area is 135 Å². The third-order valence-electron chi connectivity index (χ3n) is 4.18. The largest absolute Gasteiger partial charge is 0.465 e. The summed E-state index contributed by atoms with van der Waals surface area (Å²) in [5.74, 6) is -0.301. The molecule has 4 heteroatoms. The second kappa shape index (κ2) is 10.6. The number of esters is 2. The Balaban J connectivity index is 4.75. The molecule has 0 aliphatic rings. The maximum atomic E-state index is 12.5. The fourth-order valence-electron chi connectivity index (χ4n) is 2.28. The van der Waals surface area contributed by atoms with E-state index >= 15 is 0 Å². The second-order valence-corrected chi connectivity index (χ2v) is 6.47. The van der Waals surface area contributed by atoms with Crippen molar-refractivity contribution in [1.29, 1.82) is 0 Å². The Morgan fingerprint density at radius 2 is 1.55 bits per heavy atom. The Kier molecular flexibility index (Phi) is 10.1. The molecule has 0 saturated heterocycles. The first kappa shape index (κ1) is 20.9. The molecule has 0 spiro atoms. The summed E-state index contributed by atoms with van der Waals surface area (Å²) in [6, 6.07) is 0. The average Bonchev–Trinajstić information content (AvgIpc) is 2.47. The molecule has 0 aliphatic heterocycles. The summed E-state index contributed by atoms with van der Waals surface area (Å²) in [6.45, 7) is 12.2. The molecule has 0 rings (SSSR count). The number of hydrogen-bond acceptors (Lipinski definition) is 4. The van der Waals surface area contributed by atoms with Gasteiger partial charge in [0.05, 0.1) is 12.7 Å². The lowest BCUT2D eigenvalue weighted by atomic mass is 9.82.